The number of para-hydroxylation sites is 1. The van der Waals surface area contributed by atoms with Gasteiger partial charge in [0.25, 0.3) is 0 Å². The number of H-pyrrole nitrogens is 1. The smallest absolute Gasteiger partial charge is 0.243 e. The summed E-state index contributed by atoms with van der Waals surface area (Å²) in [5, 5.41) is 12.5. The molecule has 0 saturated heterocycles. The zero-order valence-corrected chi connectivity index (χ0v) is 9.53. The fourth-order valence-corrected chi connectivity index (χ4v) is 1.74. The van der Waals surface area contributed by atoms with Gasteiger partial charge in [-0.05, 0) is 13.0 Å². The number of amides is 1. The summed E-state index contributed by atoms with van der Waals surface area (Å²) in [5.74, 6) is -0.389. The van der Waals surface area contributed by atoms with Crippen molar-refractivity contribution in [1.29, 1.82) is 0 Å². The summed E-state index contributed by atoms with van der Waals surface area (Å²) in [7, 11) is 0. The van der Waals surface area contributed by atoms with Gasteiger partial charge in [0, 0.05) is 16.6 Å². The third-order valence-electron chi connectivity index (χ3n) is 2.68. The van der Waals surface area contributed by atoms with E-state index in [1.54, 1.807) is 0 Å². The van der Waals surface area contributed by atoms with Gasteiger partial charge in [0.2, 0.25) is 5.91 Å². The molecule has 0 bridgehead atoms. The first-order chi connectivity index (χ1) is 8.13. The lowest BCUT2D eigenvalue weighted by Crippen LogP contribution is -2.38. The van der Waals surface area contributed by atoms with Gasteiger partial charge in [-0.3, -0.25) is 4.79 Å². The van der Waals surface area contributed by atoms with E-state index < -0.39 is 6.04 Å². The minimum atomic E-state index is -0.900. The maximum Gasteiger partial charge on any atom is 0.243 e. The maximum absolute atomic E-state index is 11.6. The van der Waals surface area contributed by atoms with E-state index in [0.717, 1.165) is 22.3 Å². The number of aromatic amines is 1. The summed E-state index contributed by atoms with van der Waals surface area (Å²) in [6.45, 7) is 1.51. The molecule has 1 unspecified atom stereocenters. The van der Waals surface area contributed by atoms with E-state index in [4.69, 9.17) is 10.8 Å². The van der Waals surface area contributed by atoms with Gasteiger partial charge < -0.3 is 21.1 Å². The van der Waals surface area contributed by atoms with Crippen LogP contribution in [-0.2, 0) is 4.79 Å². The van der Waals surface area contributed by atoms with Gasteiger partial charge >= 0.3 is 0 Å². The molecule has 0 radical (unpaired) electrons. The van der Waals surface area contributed by atoms with Crippen LogP contribution in [0.4, 0.5) is 5.69 Å². The number of carbonyl (C=O) groups is 1. The lowest BCUT2D eigenvalue weighted by molar-refractivity contribution is -0.118. The maximum atomic E-state index is 11.6. The van der Waals surface area contributed by atoms with Gasteiger partial charge in [-0.25, -0.2) is 0 Å². The zero-order valence-electron chi connectivity index (χ0n) is 9.53. The van der Waals surface area contributed by atoms with Crippen LogP contribution in [-0.4, -0.2) is 28.6 Å². The molecular formula is C12H15N3O2. The second-order valence-corrected chi connectivity index (χ2v) is 3.95. The van der Waals surface area contributed by atoms with Crippen LogP contribution < -0.4 is 11.1 Å². The van der Waals surface area contributed by atoms with Crippen LogP contribution in [0.1, 0.15) is 5.69 Å². The van der Waals surface area contributed by atoms with Crippen LogP contribution in [0.25, 0.3) is 10.9 Å². The Morgan fingerprint density at radius 1 is 1.53 bits per heavy atom. The van der Waals surface area contributed by atoms with Crippen LogP contribution in [0.3, 0.4) is 0 Å². The lowest BCUT2D eigenvalue weighted by Gasteiger charge is -2.09. The molecule has 1 amide bonds. The number of aliphatic hydroxyl groups is 1. The molecule has 1 heterocycles. The van der Waals surface area contributed by atoms with E-state index in [-0.39, 0.29) is 12.5 Å². The molecule has 5 heteroatoms. The number of rotatable bonds is 3. The summed E-state index contributed by atoms with van der Waals surface area (Å²) in [4.78, 5) is 14.8. The summed E-state index contributed by atoms with van der Waals surface area (Å²) < 4.78 is 0. The third-order valence-corrected chi connectivity index (χ3v) is 2.68. The summed E-state index contributed by atoms with van der Waals surface area (Å²) in [5.41, 5.74) is 7.99. The van der Waals surface area contributed by atoms with Crippen molar-refractivity contribution in [2.45, 2.75) is 13.0 Å². The van der Waals surface area contributed by atoms with Crippen LogP contribution in [0, 0.1) is 6.92 Å². The number of nitrogens with two attached hydrogens (primary N) is 1. The minimum Gasteiger partial charge on any atom is -0.394 e. The first-order valence-electron chi connectivity index (χ1n) is 5.38. The molecule has 0 aliphatic rings. The van der Waals surface area contributed by atoms with E-state index in [0.29, 0.717) is 0 Å². The van der Waals surface area contributed by atoms with E-state index >= 15 is 0 Å². The van der Waals surface area contributed by atoms with Gasteiger partial charge in [0.05, 0.1) is 12.3 Å². The van der Waals surface area contributed by atoms with Crippen molar-refractivity contribution in [2.75, 3.05) is 11.9 Å². The Bertz CT molecular complexity index is 548. The second-order valence-electron chi connectivity index (χ2n) is 3.95. The van der Waals surface area contributed by atoms with Crippen LogP contribution in [0.15, 0.2) is 24.3 Å². The number of benzene rings is 1. The number of aromatic nitrogens is 1. The van der Waals surface area contributed by atoms with Gasteiger partial charge in [-0.1, -0.05) is 18.2 Å². The molecular weight excluding hydrogens is 218 g/mol. The molecule has 0 fully saturated rings. The SMILES string of the molecule is Cc1[nH]c2ccccc2c1NC(=O)C(N)CO. The molecule has 0 spiro atoms. The Labute approximate surface area is 98.6 Å². The fraction of sp³-hybridized carbons (Fsp3) is 0.250. The molecule has 5 N–H and O–H groups in total. The van der Waals surface area contributed by atoms with Crippen molar-refractivity contribution in [2.24, 2.45) is 5.73 Å². The van der Waals surface area contributed by atoms with Gasteiger partial charge in [-0.2, -0.15) is 0 Å². The van der Waals surface area contributed by atoms with E-state index in [1.807, 2.05) is 31.2 Å². The van der Waals surface area contributed by atoms with Crippen molar-refractivity contribution in [3.05, 3.63) is 30.0 Å². The molecule has 90 valence electrons. The number of anilines is 1. The predicted octanol–water partition coefficient (Wildman–Crippen LogP) is 0.734. The lowest BCUT2D eigenvalue weighted by atomic mass is 10.2. The van der Waals surface area contributed by atoms with Crippen molar-refractivity contribution in [1.82, 2.24) is 4.98 Å². The highest BCUT2D eigenvalue weighted by molar-refractivity contribution is 6.04. The normalized spacial score (nSPS) is 12.6. The number of hydrogen-bond acceptors (Lipinski definition) is 3. The molecule has 5 nitrogen and oxygen atoms in total. The van der Waals surface area contributed by atoms with Gasteiger partial charge in [-0.15, -0.1) is 0 Å². The molecule has 1 aromatic heterocycles. The van der Waals surface area contributed by atoms with E-state index in [1.165, 1.54) is 0 Å². The van der Waals surface area contributed by atoms with E-state index in [2.05, 4.69) is 10.3 Å². The summed E-state index contributed by atoms with van der Waals surface area (Å²) >= 11 is 0. The Hall–Kier alpha value is -1.85. The highest BCUT2D eigenvalue weighted by Crippen LogP contribution is 2.26. The Kier molecular flexibility index (Phi) is 3.12. The first-order valence-corrected chi connectivity index (χ1v) is 5.38. The third kappa shape index (κ3) is 2.15. The summed E-state index contributed by atoms with van der Waals surface area (Å²) in [6, 6.07) is 6.77. The molecule has 1 atom stereocenters. The molecule has 0 aliphatic heterocycles. The zero-order chi connectivity index (χ0) is 12.4. The Morgan fingerprint density at radius 2 is 2.24 bits per heavy atom. The predicted molar refractivity (Wildman–Crippen MR) is 66.7 cm³/mol. The van der Waals surface area contributed by atoms with E-state index in [9.17, 15) is 4.79 Å². The van der Waals surface area contributed by atoms with Gasteiger partial charge in [0.15, 0.2) is 0 Å². The fourth-order valence-electron chi connectivity index (χ4n) is 1.74. The topological polar surface area (TPSA) is 91.1 Å². The molecule has 1 aromatic carbocycles. The first kappa shape index (κ1) is 11.6. The second kappa shape index (κ2) is 4.57. The molecule has 2 rings (SSSR count). The van der Waals surface area contributed by atoms with Crippen molar-refractivity contribution < 1.29 is 9.90 Å². The largest absolute Gasteiger partial charge is 0.394 e. The summed E-state index contributed by atoms with van der Waals surface area (Å²) in [6.07, 6.45) is 0. The molecule has 0 saturated carbocycles. The number of carbonyl (C=O) groups excluding carboxylic acids is 1. The average Bonchev–Trinajstić information content (AvgIpc) is 2.65. The standard InChI is InChI=1S/C12H15N3O2/c1-7-11(15-12(17)9(13)6-16)8-4-2-3-5-10(8)14-7/h2-5,9,14,16H,6,13H2,1H3,(H,15,17). The highest BCUT2D eigenvalue weighted by atomic mass is 16.3. The van der Waals surface area contributed by atoms with Crippen LogP contribution in [0.5, 0.6) is 0 Å². The number of hydrogen-bond donors (Lipinski definition) is 4. The van der Waals surface area contributed by atoms with Crippen LogP contribution >= 0.6 is 0 Å². The minimum absolute atomic E-state index is 0.368. The van der Waals surface area contributed by atoms with Gasteiger partial charge in [0.1, 0.15) is 6.04 Å². The Morgan fingerprint density at radius 3 is 2.94 bits per heavy atom. The van der Waals surface area contributed by atoms with Crippen molar-refractivity contribution in [3.8, 4) is 0 Å². The number of aryl methyl sites for hydroxylation is 1. The molecule has 0 aliphatic carbocycles. The van der Waals surface area contributed by atoms with Crippen molar-refractivity contribution >= 4 is 22.5 Å². The number of aliphatic hydroxyl groups excluding tert-OH is 1. The van der Waals surface area contributed by atoms with Crippen LogP contribution in [0.2, 0.25) is 0 Å². The monoisotopic (exact) mass is 233 g/mol. The Balaban J connectivity index is 2.35. The quantitative estimate of drug-likeness (QED) is 0.630. The molecule has 17 heavy (non-hydrogen) atoms. The average molecular weight is 233 g/mol. The highest BCUT2D eigenvalue weighted by Gasteiger charge is 2.15. The number of nitrogens with one attached hydrogen (secondary N) is 2. The molecule has 2 aromatic rings. The van der Waals surface area contributed by atoms with Crippen molar-refractivity contribution in [3.63, 3.8) is 0 Å². The number of fused-ring (bicyclic) bond motifs is 1.